The van der Waals surface area contributed by atoms with Crippen LogP contribution in [0.1, 0.15) is 32.6 Å². The number of thiol groups is 1. The third-order valence-electron chi connectivity index (χ3n) is 1.51. The summed E-state index contributed by atoms with van der Waals surface area (Å²) in [4.78, 5) is 10.5. The third-order valence-corrected chi connectivity index (χ3v) is 1.69. The second-order valence-corrected chi connectivity index (χ2v) is 3.06. The molecule has 0 aliphatic carbocycles. The molecule has 2 nitrogen and oxygen atoms in total. The highest BCUT2D eigenvalue weighted by atomic mass is 32.1. The van der Waals surface area contributed by atoms with E-state index in [4.69, 9.17) is 5.26 Å². The Morgan fingerprint density at radius 3 is 2.73 bits per heavy atom. The lowest BCUT2D eigenvalue weighted by molar-refractivity contribution is -0.111. The third kappa shape index (κ3) is 5.93. The van der Waals surface area contributed by atoms with Gasteiger partial charge in [-0.25, -0.2) is 0 Å². The second-order valence-electron chi connectivity index (χ2n) is 2.57. The van der Waals surface area contributed by atoms with Gasteiger partial charge in [-0.1, -0.05) is 19.8 Å². The minimum atomic E-state index is -0.187. The van der Waals surface area contributed by atoms with E-state index in [1.165, 1.54) is 0 Å². The Balaban J connectivity index is 3.60. The van der Waals surface area contributed by atoms with Gasteiger partial charge < -0.3 is 0 Å². The van der Waals surface area contributed by atoms with Gasteiger partial charge in [0, 0.05) is 6.42 Å². The van der Waals surface area contributed by atoms with Crippen molar-refractivity contribution in [3.8, 4) is 6.07 Å². The summed E-state index contributed by atoms with van der Waals surface area (Å²) in [6, 6.07) is 2.10. The quantitative estimate of drug-likeness (QED) is 0.644. The molecule has 0 bridgehead atoms. The molecule has 0 aromatic heterocycles. The molecule has 0 aromatic carbocycles. The average Bonchev–Trinajstić information content (AvgIpc) is 1.97. The van der Waals surface area contributed by atoms with Crippen molar-refractivity contribution in [3.05, 3.63) is 0 Å². The molecular formula is C8H13NOS. The van der Waals surface area contributed by atoms with Crippen LogP contribution in [-0.4, -0.2) is 5.12 Å². The summed E-state index contributed by atoms with van der Waals surface area (Å²) < 4.78 is 0. The van der Waals surface area contributed by atoms with Crippen molar-refractivity contribution in [2.45, 2.75) is 32.6 Å². The number of carbonyl (C=O) groups excluding carboxylic acids is 1. The Hall–Kier alpha value is -0.490. The van der Waals surface area contributed by atoms with Crippen molar-refractivity contribution in [1.29, 1.82) is 5.26 Å². The van der Waals surface area contributed by atoms with Gasteiger partial charge in [-0.05, 0) is 6.42 Å². The summed E-state index contributed by atoms with van der Waals surface area (Å²) in [5.41, 5.74) is 0. The Morgan fingerprint density at radius 1 is 1.73 bits per heavy atom. The molecule has 11 heavy (non-hydrogen) atoms. The van der Waals surface area contributed by atoms with Crippen LogP contribution in [0.2, 0.25) is 0 Å². The first-order chi connectivity index (χ1) is 5.20. The first-order valence-corrected chi connectivity index (χ1v) is 4.26. The molecule has 0 N–H and O–H groups in total. The van der Waals surface area contributed by atoms with Crippen LogP contribution in [0.4, 0.5) is 0 Å². The SMILES string of the molecule is CCCCC(C#N)CC(=O)S. The predicted molar refractivity (Wildman–Crippen MR) is 47.2 cm³/mol. The Morgan fingerprint density at radius 2 is 2.36 bits per heavy atom. The highest BCUT2D eigenvalue weighted by molar-refractivity contribution is 7.96. The van der Waals surface area contributed by atoms with Crippen LogP contribution in [0.3, 0.4) is 0 Å². The molecule has 0 radical (unpaired) electrons. The van der Waals surface area contributed by atoms with Crippen LogP contribution in [0.15, 0.2) is 0 Å². The summed E-state index contributed by atoms with van der Waals surface area (Å²) in [7, 11) is 0. The topological polar surface area (TPSA) is 40.9 Å². The minimum Gasteiger partial charge on any atom is -0.287 e. The minimum absolute atomic E-state index is 0.125. The standard InChI is InChI=1S/C8H13NOS/c1-2-3-4-7(6-9)5-8(10)11/h7H,2-5H2,1H3,(H,10,11). The van der Waals surface area contributed by atoms with E-state index in [2.05, 4.69) is 25.6 Å². The van der Waals surface area contributed by atoms with E-state index in [1.807, 2.05) is 0 Å². The van der Waals surface area contributed by atoms with Gasteiger partial charge in [-0.2, -0.15) is 5.26 Å². The molecule has 0 aliphatic rings. The average molecular weight is 171 g/mol. The van der Waals surface area contributed by atoms with Crippen LogP contribution < -0.4 is 0 Å². The van der Waals surface area contributed by atoms with Crippen molar-refractivity contribution >= 4 is 17.7 Å². The fourth-order valence-electron chi connectivity index (χ4n) is 0.874. The number of rotatable bonds is 5. The number of carbonyl (C=O) groups is 1. The smallest absolute Gasteiger partial charge is 0.187 e. The van der Waals surface area contributed by atoms with E-state index in [-0.39, 0.29) is 11.0 Å². The van der Waals surface area contributed by atoms with Crippen LogP contribution in [0, 0.1) is 17.2 Å². The van der Waals surface area contributed by atoms with E-state index < -0.39 is 0 Å². The maximum Gasteiger partial charge on any atom is 0.187 e. The molecule has 62 valence electrons. The van der Waals surface area contributed by atoms with Crippen LogP contribution in [0.25, 0.3) is 0 Å². The molecule has 0 saturated carbocycles. The van der Waals surface area contributed by atoms with Gasteiger partial charge in [0.2, 0.25) is 0 Å². The van der Waals surface area contributed by atoms with Crippen molar-refractivity contribution in [2.75, 3.05) is 0 Å². The molecule has 1 atom stereocenters. The van der Waals surface area contributed by atoms with Gasteiger partial charge in [0.05, 0.1) is 12.0 Å². The molecule has 0 aliphatic heterocycles. The van der Waals surface area contributed by atoms with E-state index >= 15 is 0 Å². The lowest BCUT2D eigenvalue weighted by atomic mass is 10.0. The van der Waals surface area contributed by atoms with Crippen LogP contribution >= 0.6 is 12.6 Å². The van der Waals surface area contributed by atoms with Gasteiger partial charge in [-0.3, -0.25) is 4.79 Å². The summed E-state index contributed by atoms with van der Waals surface area (Å²) in [6.07, 6.45) is 3.19. The van der Waals surface area contributed by atoms with Gasteiger partial charge in [-0.15, -0.1) is 12.6 Å². The number of nitriles is 1. The maximum atomic E-state index is 10.5. The fourth-order valence-corrected chi connectivity index (χ4v) is 1.09. The van der Waals surface area contributed by atoms with E-state index in [0.717, 1.165) is 19.3 Å². The van der Waals surface area contributed by atoms with E-state index in [1.54, 1.807) is 0 Å². The van der Waals surface area contributed by atoms with E-state index in [9.17, 15) is 4.79 Å². The van der Waals surface area contributed by atoms with Crippen LogP contribution in [0.5, 0.6) is 0 Å². The zero-order valence-electron chi connectivity index (χ0n) is 6.71. The molecule has 0 rings (SSSR count). The number of unbranched alkanes of at least 4 members (excludes halogenated alkanes) is 1. The van der Waals surface area contributed by atoms with E-state index in [0.29, 0.717) is 6.42 Å². The Kier molecular flexibility index (Phi) is 5.96. The molecule has 0 heterocycles. The molecule has 0 fully saturated rings. The van der Waals surface area contributed by atoms with Crippen molar-refractivity contribution in [3.63, 3.8) is 0 Å². The molecule has 0 saturated heterocycles. The second kappa shape index (κ2) is 6.23. The van der Waals surface area contributed by atoms with Gasteiger partial charge in [0.25, 0.3) is 0 Å². The lowest BCUT2D eigenvalue weighted by Gasteiger charge is -2.03. The highest BCUT2D eigenvalue weighted by Gasteiger charge is 2.09. The number of nitrogens with zero attached hydrogens (tertiary/aromatic N) is 1. The highest BCUT2D eigenvalue weighted by Crippen LogP contribution is 2.12. The fraction of sp³-hybridized carbons (Fsp3) is 0.750. The lowest BCUT2D eigenvalue weighted by Crippen LogP contribution is -2.01. The van der Waals surface area contributed by atoms with Gasteiger partial charge in [0.1, 0.15) is 0 Å². The van der Waals surface area contributed by atoms with Gasteiger partial charge in [0.15, 0.2) is 5.12 Å². The normalized spacial score (nSPS) is 12.1. The first-order valence-electron chi connectivity index (χ1n) is 3.82. The van der Waals surface area contributed by atoms with Crippen molar-refractivity contribution < 1.29 is 4.79 Å². The molecule has 1 unspecified atom stereocenters. The van der Waals surface area contributed by atoms with Crippen molar-refractivity contribution in [1.82, 2.24) is 0 Å². The van der Waals surface area contributed by atoms with Gasteiger partial charge >= 0.3 is 0 Å². The van der Waals surface area contributed by atoms with Crippen LogP contribution in [-0.2, 0) is 4.79 Å². The molecule has 0 spiro atoms. The monoisotopic (exact) mass is 171 g/mol. The largest absolute Gasteiger partial charge is 0.287 e. The predicted octanol–water partition coefficient (Wildman–Crippen LogP) is 2.16. The first kappa shape index (κ1) is 10.5. The Labute approximate surface area is 73.0 Å². The Bertz CT molecular complexity index is 162. The molecule has 3 heteroatoms. The van der Waals surface area contributed by atoms with Crippen molar-refractivity contribution in [2.24, 2.45) is 5.92 Å². The molecular weight excluding hydrogens is 158 g/mol. The zero-order chi connectivity index (χ0) is 8.69. The number of hydrogen-bond acceptors (Lipinski definition) is 2. The zero-order valence-corrected chi connectivity index (χ0v) is 7.60. The maximum absolute atomic E-state index is 10.5. The summed E-state index contributed by atoms with van der Waals surface area (Å²) in [5.74, 6) is -0.125. The summed E-state index contributed by atoms with van der Waals surface area (Å²) >= 11 is 3.62. The molecule has 0 amide bonds. The number of hydrogen-bond donors (Lipinski definition) is 1. The molecule has 0 aromatic rings. The summed E-state index contributed by atoms with van der Waals surface area (Å²) in [5, 5.41) is 8.38. The summed E-state index contributed by atoms with van der Waals surface area (Å²) in [6.45, 7) is 2.07.